The molecule has 0 spiro atoms. The van der Waals surface area contributed by atoms with Crippen LogP contribution in [0, 0.1) is 0 Å². The predicted octanol–water partition coefficient (Wildman–Crippen LogP) is 1.89. The molecular formula is C11H19N3O. The summed E-state index contributed by atoms with van der Waals surface area (Å²) in [5, 5.41) is 0. The number of aromatic nitrogens is 2. The molecule has 0 radical (unpaired) electrons. The molecule has 4 nitrogen and oxygen atoms in total. The summed E-state index contributed by atoms with van der Waals surface area (Å²) in [6.07, 6.45) is 8.08. The summed E-state index contributed by atoms with van der Waals surface area (Å²) in [4.78, 5) is 8.20. The molecule has 4 heteroatoms. The summed E-state index contributed by atoms with van der Waals surface area (Å²) in [5.74, 6) is 0.587. The topological polar surface area (TPSA) is 61.0 Å². The average molecular weight is 209 g/mol. The van der Waals surface area contributed by atoms with E-state index in [-0.39, 0.29) is 0 Å². The van der Waals surface area contributed by atoms with Crippen LogP contribution in [-0.4, -0.2) is 16.6 Å². The Morgan fingerprint density at radius 1 is 1.20 bits per heavy atom. The number of unbranched alkanes of at least 4 members (excludes halogenated alkanes) is 3. The van der Waals surface area contributed by atoms with E-state index in [0.29, 0.717) is 12.4 Å². The number of rotatable bonds is 7. The quantitative estimate of drug-likeness (QED) is 0.697. The second-order valence-electron chi connectivity index (χ2n) is 3.46. The van der Waals surface area contributed by atoms with Gasteiger partial charge in [-0.05, 0) is 6.42 Å². The van der Waals surface area contributed by atoms with Crippen LogP contribution in [0.25, 0.3) is 0 Å². The van der Waals surface area contributed by atoms with Crippen LogP contribution in [0.1, 0.15) is 38.3 Å². The zero-order chi connectivity index (χ0) is 10.9. The summed E-state index contributed by atoms with van der Waals surface area (Å²) in [6, 6.07) is 0. The zero-order valence-corrected chi connectivity index (χ0v) is 9.28. The molecule has 0 aliphatic heterocycles. The highest BCUT2D eigenvalue weighted by atomic mass is 16.5. The first kappa shape index (κ1) is 11.9. The number of nitrogens with zero attached hydrogens (tertiary/aromatic N) is 2. The minimum atomic E-state index is 0.420. The Balaban J connectivity index is 2.20. The van der Waals surface area contributed by atoms with Crippen LogP contribution in [-0.2, 0) is 6.54 Å². The molecule has 0 bridgehead atoms. The molecule has 84 valence electrons. The van der Waals surface area contributed by atoms with Crippen LogP contribution < -0.4 is 10.5 Å². The lowest BCUT2D eigenvalue weighted by Crippen LogP contribution is -2.03. The van der Waals surface area contributed by atoms with Gasteiger partial charge in [0.25, 0.3) is 0 Å². The highest BCUT2D eigenvalue weighted by Crippen LogP contribution is 2.05. The van der Waals surface area contributed by atoms with Crippen LogP contribution in [0.5, 0.6) is 5.88 Å². The molecule has 0 amide bonds. The van der Waals surface area contributed by atoms with Gasteiger partial charge in [0, 0.05) is 6.54 Å². The van der Waals surface area contributed by atoms with Crippen molar-refractivity contribution in [1.29, 1.82) is 0 Å². The second kappa shape index (κ2) is 7.17. The number of hydrogen-bond acceptors (Lipinski definition) is 4. The average Bonchev–Trinajstić information content (AvgIpc) is 2.30. The smallest absolute Gasteiger partial charge is 0.232 e. The summed E-state index contributed by atoms with van der Waals surface area (Å²) >= 11 is 0. The standard InChI is InChI=1S/C11H19N3O/c1-2-3-4-5-6-15-11-9-13-10(7-12)8-14-11/h8-9H,2-7,12H2,1H3. The first-order valence-corrected chi connectivity index (χ1v) is 5.50. The summed E-state index contributed by atoms with van der Waals surface area (Å²) < 4.78 is 5.44. The summed E-state index contributed by atoms with van der Waals surface area (Å²) in [6.45, 7) is 3.33. The lowest BCUT2D eigenvalue weighted by molar-refractivity contribution is 0.292. The van der Waals surface area contributed by atoms with Gasteiger partial charge in [-0.15, -0.1) is 0 Å². The van der Waals surface area contributed by atoms with Crippen molar-refractivity contribution in [2.75, 3.05) is 6.61 Å². The number of ether oxygens (including phenoxy) is 1. The molecule has 0 aromatic carbocycles. The molecule has 15 heavy (non-hydrogen) atoms. The van der Waals surface area contributed by atoms with Gasteiger partial charge < -0.3 is 10.5 Å². The Kier molecular flexibility index (Phi) is 5.70. The maximum atomic E-state index is 5.44. The van der Waals surface area contributed by atoms with Crippen LogP contribution in [0.3, 0.4) is 0 Å². The fourth-order valence-electron chi connectivity index (χ4n) is 1.23. The van der Waals surface area contributed by atoms with Gasteiger partial charge in [-0.1, -0.05) is 26.2 Å². The van der Waals surface area contributed by atoms with Crippen molar-refractivity contribution in [3.63, 3.8) is 0 Å². The van der Waals surface area contributed by atoms with Gasteiger partial charge in [-0.2, -0.15) is 0 Å². The number of nitrogens with two attached hydrogens (primary N) is 1. The molecule has 2 N–H and O–H groups in total. The van der Waals surface area contributed by atoms with Gasteiger partial charge in [-0.25, -0.2) is 4.98 Å². The third-order valence-electron chi connectivity index (χ3n) is 2.14. The maximum Gasteiger partial charge on any atom is 0.232 e. The van der Waals surface area contributed by atoms with Crippen molar-refractivity contribution in [1.82, 2.24) is 9.97 Å². The maximum absolute atomic E-state index is 5.44. The molecule has 0 fully saturated rings. The van der Waals surface area contributed by atoms with E-state index in [1.807, 2.05) is 0 Å². The minimum absolute atomic E-state index is 0.420. The fourth-order valence-corrected chi connectivity index (χ4v) is 1.23. The SMILES string of the molecule is CCCCCCOc1cnc(CN)cn1. The molecule has 0 unspecified atom stereocenters. The van der Waals surface area contributed by atoms with E-state index in [2.05, 4.69) is 16.9 Å². The monoisotopic (exact) mass is 209 g/mol. The van der Waals surface area contributed by atoms with E-state index in [4.69, 9.17) is 10.5 Å². The summed E-state index contributed by atoms with van der Waals surface area (Å²) in [7, 11) is 0. The third-order valence-corrected chi connectivity index (χ3v) is 2.14. The molecule has 0 aliphatic carbocycles. The van der Waals surface area contributed by atoms with E-state index >= 15 is 0 Å². The molecule has 1 aromatic rings. The minimum Gasteiger partial charge on any atom is -0.477 e. The van der Waals surface area contributed by atoms with Gasteiger partial charge >= 0.3 is 0 Å². The van der Waals surface area contributed by atoms with E-state index < -0.39 is 0 Å². The van der Waals surface area contributed by atoms with Gasteiger partial charge in [0.15, 0.2) is 0 Å². The lowest BCUT2D eigenvalue weighted by atomic mass is 10.2. The van der Waals surface area contributed by atoms with Gasteiger partial charge in [0.05, 0.1) is 24.7 Å². The van der Waals surface area contributed by atoms with Crippen molar-refractivity contribution < 1.29 is 4.74 Å². The molecule has 0 atom stereocenters. The molecule has 1 aromatic heterocycles. The Labute approximate surface area is 90.9 Å². The molecular weight excluding hydrogens is 190 g/mol. The van der Waals surface area contributed by atoms with Crippen LogP contribution in [0.15, 0.2) is 12.4 Å². The molecule has 0 saturated carbocycles. The lowest BCUT2D eigenvalue weighted by Gasteiger charge is -2.04. The summed E-state index contributed by atoms with van der Waals surface area (Å²) in [5.41, 5.74) is 6.20. The van der Waals surface area contributed by atoms with Crippen LogP contribution >= 0.6 is 0 Å². The van der Waals surface area contributed by atoms with Crippen LogP contribution in [0.2, 0.25) is 0 Å². The van der Waals surface area contributed by atoms with E-state index in [1.54, 1.807) is 12.4 Å². The first-order valence-electron chi connectivity index (χ1n) is 5.50. The van der Waals surface area contributed by atoms with Crippen LogP contribution in [0.4, 0.5) is 0 Å². The van der Waals surface area contributed by atoms with E-state index in [1.165, 1.54) is 19.3 Å². The van der Waals surface area contributed by atoms with Gasteiger partial charge in [0.1, 0.15) is 0 Å². The van der Waals surface area contributed by atoms with Crippen molar-refractivity contribution in [2.24, 2.45) is 5.73 Å². The first-order chi connectivity index (χ1) is 7.36. The van der Waals surface area contributed by atoms with E-state index in [9.17, 15) is 0 Å². The fraction of sp³-hybridized carbons (Fsp3) is 0.636. The third kappa shape index (κ3) is 4.74. The zero-order valence-electron chi connectivity index (χ0n) is 9.28. The van der Waals surface area contributed by atoms with Crippen molar-refractivity contribution in [3.8, 4) is 5.88 Å². The number of hydrogen-bond donors (Lipinski definition) is 1. The molecule has 1 heterocycles. The van der Waals surface area contributed by atoms with Crippen molar-refractivity contribution in [3.05, 3.63) is 18.1 Å². The predicted molar refractivity (Wildman–Crippen MR) is 59.6 cm³/mol. The van der Waals surface area contributed by atoms with Crippen molar-refractivity contribution in [2.45, 2.75) is 39.2 Å². The van der Waals surface area contributed by atoms with Gasteiger partial charge in [-0.3, -0.25) is 4.98 Å². The highest BCUT2D eigenvalue weighted by molar-refractivity contribution is 5.06. The molecule has 0 aliphatic rings. The molecule has 1 rings (SSSR count). The highest BCUT2D eigenvalue weighted by Gasteiger charge is 1.96. The second-order valence-corrected chi connectivity index (χ2v) is 3.46. The van der Waals surface area contributed by atoms with Crippen molar-refractivity contribution >= 4 is 0 Å². The van der Waals surface area contributed by atoms with Gasteiger partial charge in [0.2, 0.25) is 5.88 Å². The molecule has 0 saturated heterocycles. The largest absolute Gasteiger partial charge is 0.477 e. The Morgan fingerprint density at radius 2 is 2.07 bits per heavy atom. The normalized spacial score (nSPS) is 10.3. The van der Waals surface area contributed by atoms with E-state index in [0.717, 1.165) is 18.7 Å². The Morgan fingerprint density at radius 3 is 2.67 bits per heavy atom. The Bertz CT molecular complexity index is 261. The Hall–Kier alpha value is -1.16.